The van der Waals surface area contributed by atoms with Crippen LogP contribution in [-0.2, 0) is 5.60 Å². The molecule has 2 saturated heterocycles. The van der Waals surface area contributed by atoms with Crippen molar-refractivity contribution in [3.05, 3.63) is 36.7 Å². The van der Waals surface area contributed by atoms with Gasteiger partial charge < -0.3 is 5.11 Å². The largest absolute Gasteiger partial charge is 0.385 e. The lowest BCUT2D eigenvalue weighted by Crippen LogP contribution is -2.40. The molecular formula is C15H18N4OS. The SMILES string of the molecule is OC1(c2cnc(-n3ccnc3)nc2)CC2CCCC(C1)S2. The number of rotatable bonds is 2. The molecule has 2 atom stereocenters. The van der Waals surface area contributed by atoms with Crippen LogP contribution in [0.15, 0.2) is 31.1 Å². The molecule has 2 bridgehead atoms. The number of aromatic nitrogens is 4. The van der Waals surface area contributed by atoms with Gasteiger partial charge >= 0.3 is 0 Å². The molecule has 5 nitrogen and oxygen atoms in total. The fraction of sp³-hybridized carbons (Fsp3) is 0.533. The third-order valence-electron chi connectivity index (χ3n) is 4.48. The van der Waals surface area contributed by atoms with Crippen molar-refractivity contribution in [3.63, 3.8) is 0 Å². The van der Waals surface area contributed by atoms with E-state index in [9.17, 15) is 5.11 Å². The van der Waals surface area contributed by atoms with Gasteiger partial charge in [-0.3, -0.25) is 4.57 Å². The molecule has 2 aromatic heterocycles. The van der Waals surface area contributed by atoms with Crippen molar-refractivity contribution in [2.24, 2.45) is 0 Å². The van der Waals surface area contributed by atoms with E-state index in [0.717, 1.165) is 18.4 Å². The number of fused-ring (bicyclic) bond motifs is 2. The van der Waals surface area contributed by atoms with Crippen molar-refractivity contribution in [2.45, 2.75) is 48.2 Å². The van der Waals surface area contributed by atoms with Crippen molar-refractivity contribution in [3.8, 4) is 5.95 Å². The van der Waals surface area contributed by atoms with Gasteiger partial charge in [-0.2, -0.15) is 11.8 Å². The topological polar surface area (TPSA) is 63.8 Å². The number of aliphatic hydroxyl groups is 1. The molecule has 0 spiro atoms. The normalized spacial score (nSPS) is 32.0. The molecule has 4 heterocycles. The molecule has 4 rings (SSSR count). The average Bonchev–Trinajstić information content (AvgIpc) is 3.01. The van der Waals surface area contributed by atoms with Crippen LogP contribution in [0.3, 0.4) is 0 Å². The summed E-state index contributed by atoms with van der Waals surface area (Å²) in [4.78, 5) is 12.8. The summed E-state index contributed by atoms with van der Waals surface area (Å²) < 4.78 is 1.76. The van der Waals surface area contributed by atoms with Crippen LogP contribution in [0.5, 0.6) is 0 Å². The quantitative estimate of drug-likeness (QED) is 0.922. The second-order valence-corrected chi connectivity index (χ2v) is 7.60. The van der Waals surface area contributed by atoms with Gasteiger partial charge in [0.25, 0.3) is 0 Å². The van der Waals surface area contributed by atoms with Crippen molar-refractivity contribution in [1.29, 1.82) is 0 Å². The highest BCUT2D eigenvalue weighted by Gasteiger charge is 2.42. The molecule has 2 fully saturated rings. The van der Waals surface area contributed by atoms with Crippen LogP contribution >= 0.6 is 11.8 Å². The van der Waals surface area contributed by atoms with Crippen LogP contribution in [-0.4, -0.2) is 35.1 Å². The van der Waals surface area contributed by atoms with E-state index in [-0.39, 0.29) is 0 Å². The van der Waals surface area contributed by atoms with Gasteiger partial charge in [0.15, 0.2) is 0 Å². The Balaban J connectivity index is 1.60. The lowest BCUT2D eigenvalue weighted by atomic mass is 9.81. The van der Waals surface area contributed by atoms with Crippen LogP contribution in [0.1, 0.15) is 37.7 Å². The first-order chi connectivity index (χ1) is 10.2. The summed E-state index contributed by atoms with van der Waals surface area (Å²) in [5, 5.41) is 12.2. The molecule has 0 radical (unpaired) electrons. The highest BCUT2D eigenvalue weighted by Crippen LogP contribution is 2.49. The zero-order chi connectivity index (χ0) is 14.3. The fourth-order valence-electron chi connectivity index (χ4n) is 3.43. The van der Waals surface area contributed by atoms with Gasteiger partial charge in [-0.15, -0.1) is 0 Å². The number of nitrogens with zero attached hydrogens (tertiary/aromatic N) is 4. The Kier molecular flexibility index (Phi) is 3.23. The maximum atomic E-state index is 11.1. The molecule has 1 N–H and O–H groups in total. The Morgan fingerprint density at radius 1 is 1.19 bits per heavy atom. The summed E-state index contributed by atoms with van der Waals surface area (Å²) in [5.41, 5.74) is 0.0950. The highest BCUT2D eigenvalue weighted by molar-refractivity contribution is 8.00. The summed E-state index contributed by atoms with van der Waals surface area (Å²) in [5.74, 6) is 0.588. The maximum Gasteiger partial charge on any atom is 0.234 e. The molecule has 2 unspecified atom stereocenters. The minimum absolute atomic E-state index is 0.579. The monoisotopic (exact) mass is 302 g/mol. The smallest absolute Gasteiger partial charge is 0.234 e. The Morgan fingerprint density at radius 2 is 1.90 bits per heavy atom. The summed E-state index contributed by atoms with van der Waals surface area (Å²) in [6.45, 7) is 0. The Hall–Kier alpha value is -1.40. The summed E-state index contributed by atoms with van der Waals surface area (Å²) in [6, 6.07) is 0. The molecule has 2 aromatic rings. The van der Waals surface area contributed by atoms with Crippen LogP contribution in [0, 0.1) is 0 Å². The number of hydrogen-bond acceptors (Lipinski definition) is 5. The number of hydrogen-bond donors (Lipinski definition) is 1. The predicted molar refractivity (Wildman–Crippen MR) is 81.3 cm³/mol. The maximum absolute atomic E-state index is 11.1. The number of imidazole rings is 1. The lowest BCUT2D eigenvalue weighted by Gasteiger charge is -2.43. The van der Waals surface area contributed by atoms with Gasteiger partial charge in [0.1, 0.15) is 6.33 Å². The molecule has 0 aliphatic carbocycles. The lowest BCUT2D eigenvalue weighted by molar-refractivity contribution is 0.00749. The van der Waals surface area contributed by atoms with Crippen molar-refractivity contribution in [2.75, 3.05) is 0 Å². The van der Waals surface area contributed by atoms with Gasteiger partial charge in [0, 0.05) is 40.9 Å². The van der Waals surface area contributed by atoms with Crippen LogP contribution in [0.2, 0.25) is 0 Å². The van der Waals surface area contributed by atoms with Crippen LogP contribution in [0.4, 0.5) is 0 Å². The molecule has 0 amide bonds. The van der Waals surface area contributed by atoms with Gasteiger partial charge in [-0.25, -0.2) is 15.0 Å². The first-order valence-corrected chi connectivity index (χ1v) is 8.36. The zero-order valence-corrected chi connectivity index (χ0v) is 12.5. The van der Waals surface area contributed by atoms with E-state index in [0.29, 0.717) is 16.4 Å². The van der Waals surface area contributed by atoms with Gasteiger partial charge in [-0.05, 0) is 25.7 Å². The molecule has 21 heavy (non-hydrogen) atoms. The minimum atomic E-state index is -0.755. The van der Waals surface area contributed by atoms with Crippen molar-refractivity contribution in [1.82, 2.24) is 19.5 Å². The molecule has 2 aliphatic rings. The predicted octanol–water partition coefficient (Wildman–Crippen LogP) is 2.30. The second kappa shape index (κ2) is 5.10. The van der Waals surface area contributed by atoms with Crippen LogP contribution < -0.4 is 0 Å². The van der Waals surface area contributed by atoms with Gasteiger partial charge in [0.2, 0.25) is 5.95 Å². The van der Waals surface area contributed by atoms with E-state index in [2.05, 4.69) is 26.7 Å². The standard InChI is InChI=1S/C15H18N4OS/c20-15(6-12-2-1-3-13(7-15)21-12)11-8-17-14(18-9-11)19-5-4-16-10-19/h4-5,8-10,12-13,20H,1-3,6-7H2. The molecule has 6 heteroatoms. The Labute approximate surface area is 127 Å². The third kappa shape index (κ3) is 2.46. The first kappa shape index (κ1) is 13.3. The van der Waals surface area contributed by atoms with Crippen molar-refractivity contribution >= 4 is 11.8 Å². The zero-order valence-electron chi connectivity index (χ0n) is 11.7. The van der Waals surface area contributed by atoms with E-state index in [1.54, 1.807) is 29.5 Å². The highest BCUT2D eigenvalue weighted by atomic mass is 32.2. The summed E-state index contributed by atoms with van der Waals surface area (Å²) >= 11 is 2.06. The first-order valence-electron chi connectivity index (χ1n) is 7.42. The summed E-state index contributed by atoms with van der Waals surface area (Å²) in [6.07, 6.45) is 14.1. The Morgan fingerprint density at radius 3 is 2.52 bits per heavy atom. The minimum Gasteiger partial charge on any atom is -0.385 e. The van der Waals surface area contributed by atoms with Gasteiger partial charge in [-0.1, -0.05) is 6.42 Å². The van der Waals surface area contributed by atoms with Gasteiger partial charge in [0.05, 0.1) is 5.60 Å². The number of thioether (sulfide) groups is 1. The van der Waals surface area contributed by atoms with Crippen molar-refractivity contribution < 1.29 is 5.11 Å². The fourth-order valence-corrected chi connectivity index (χ4v) is 5.32. The summed E-state index contributed by atoms with van der Waals surface area (Å²) in [7, 11) is 0. The molecule has 2 aliphatic heterocycles. The third-order valence-corrected chi connectivity index (χ3v) is 6.05. The van der Waals surface area contributed by atoms with E-state index >= 15 is 0 Å². The average molecular weight is 302 g/mol. The van der Waals surface area contributed by atoms with E-state index in [4.69, 9.17) is 0 Å². The Bertz CT molecular complexity index is 601. The van der Waals surface area contributed by atoms with E-state index in [1.807, 2.05) is 6.20 Å². The molecular weight excluding hydrogens is 284 g/mol. The molecule has 110 valence electrons. The van der Waals surface area contributed by atoms with E-state index < -0.39 is 5.60 Å². The molecule has 0 aromatic carbocycles. The van der Waals surface area contributed by atoms with Crippen LogP contribution in [0.25, 0.3) is 5.95 Å². The molecule has 0 saturated carbocycles. The van der Waals surface area contributed by atoms with E-state index in [1.165, 1.54) is 19.3 Å². The second-order valence-electron chi connectivity index (χ2n) is 5.99.